The van der Waals surface area contributed by atoms with Gasteiger partial charge in [0.25, 0.3) is 0 Å². The Kier molecular flexibility index (Phi) is 3.73. The zero-order valence-corrected chi connectivity index (χ0v) is 13.0. The SMILES string of the molecule is CCNC(CC1CC1)c1csc2c(Br)cccc12. The van der Waals surface area contributed by atoms with E-state index in [-0.39, 0.29) is 0 Å². The number of rotatable bonds is 5. The van der Waals surface area contributed by atoms with Gasteiger partial charge in [-0.15, -0.1) is 11.3 Å². The first-order valence-electron chi connectivity index (χ1n) is 6.68. The first-order valence-corrected chi connectivity index (χ1v) is 8.36. The van der Waals surface area contributed by atoms with Gasteiger partial charge in [-0.3, -0.25) is 0 Å². The summed E-state index contributed by atoms with van der Waals surface area (Å²) in [5, 5.41) is 7.42. The molecular formula is C15H18BrNS. The number of benzene rings is 1. The van der Waals surface area contributed by atoms with E-state index in [0.29, 0.717) is 6.04 Å². The first kappa shape index (κ1) is 12.6. The summed E-state index contributed by atoms with van der Waals surface area (Å²) in [5.74, 6) is 0.955. The van der Waals surface area contributed by atoms with Crippen molar-refractivity contribution in [2.24, 2.45) is 5.92 Å². The maximum atomic E-state index is 3.66. The van der Waals surface area contributed by atoms with Gasteiger partial charge in [0.1, 0.15) is 0 Å². The van der Waals surface area contributed by atoms with Crippen LogP contribution in [0.5, 0.6) is 0 Å². The Morgan fingerprint density at radius 3 is 3.00 bits per heavy atom. The van der Waals surface area contributed by atoms with E-state index in [1.807, 2.05) is 11.3 Å². The highest BCUT2D eigenvalue weighted by Crippen LogP contribution is 2.41. The molecule has 1 atom stereocenters. The Hall–Kier alpha value is -0.380. The van der Waals surface area contributed by atoms with E-state index in [2.05, 4.69) is 51.7 Å². The number of hydrogen-bond acceptors (Lipinski definition) is 2. The van der Waals surface area contributed by atoms with Crippen LogP contribution in [0.15, 0.2) is 28.1 Å². The molecule has 1 aromatic carbocycles. The number of thiophene rings is 1. The molecule has 1 nitrogen and oxygen atoms in total. The van der Waals surface area contributed by atoms with Crippen LogP contribution in [0.4, 0.5) is 0 Å². The highest BCUT2D eigenvalue weighted by atomic mass is 79.9. The van der Waals surface area contributed by atoms with Crippen molar-refractivity contribution in [1.82, 2.24) is 5.32 Å². The lowest BCUT2D eigenvalue weighted by atomic mass is 10.0. The van der Waals surface area contributed by atoms with Crippen molar-refractivity contribution in [1.29, 1.82) is 0 Å². The third-order valence-corrected chi connectivity index (χ3v) is 5.64. The molecule has 1 aromatic heterocycles. The second-order valence-corrected chi connectivity index (χ2v) is 6.83. The van der Waals surface area contributed by atoms with Gasteiger partial charge < -0.3 is 5.32 Å². The van der Waals surface area contributed by atoms with Gasteiger partial charge in [-0.25, -0.2) is 0 Å². The molecule has 0 radical (unpaired) electrons. The summed E-state index contributed by atoms with van der Waals surface area (Å²) in [6.07, 6.45) is 4.15. The summed E-state index contributed by atoms with van der Waals surface area (Å²) in [5.41, 5.74) is 1.49. The van der Waals surface area contributed by atoms with Crippen molar-refractivity contribution in [2.45, 2.75) is 32.2 Å². The van der Waals surface area contributed by atoms with Crippen LogP contribution in [0.1, 0.15) is 37.8 Å². The average molecular weight is 324 g/mol. The van der Waals surface area contributed by atoms with E-state index in [4.69, 9.17) is 0 Å². The van der Waals surface area contributed by atoms with E-state index in [9.17, 15) is 0 Å². The van der Waals surface area contributed by atoms with E-state index in [0.717, 1.165) is 12.5 Å². The predicted molar refractivity (Wildman–Crippen MR) is 83.3 cm³/mol. The lowest BCUT2D eigenvalue weighted by Gasteiger charge is -2.17. The van der Waals surface area contributed by atoms with Crippen LogP contribution in [0, 0.1) is 5.92 Å². The predicted octanol–water partition coefficient (Wildman–Crippen LogP) is 5.11. The molecule has 1 N–H and O–H groups in total. The molecule has 1 aliphatic carbocycles. The second kappa shape index (κ2) is 5.32. The summed E-state index contributed by atoms with van der Waals surface area (Å²) >= 11 is 5.51. The van der Waals surface area contributed by atoms with E-state index in [1.54, 1.807) is 0 Å². The molecule has 0 aliphatic heterocycles. The molecule has 0 amide bonds. The molecule has 1 aliphatic rings. The lowest BCUT2D eigenvalue weighted by molar-refractivity contribution is 0.490. The van der Waals surface area contributed by atoms with Gasteiger partial charge in [0, 0.05) is 15.2 Å². The zero-order chi connectivity index (χ0) is 12.5. The minimum Gasteiger partial charge on any atom is -0.310 e. The van der Waals surface area contributed by atoms with E-state index >= 15 is 0 Å². The molecule has 18 heavy (non-hydrogen) atoms. The molecule has 0 spiro atoms. The average Bonchev–Trinajstić information content (AvgIpc) is 3.06. The summed E-state index contributed by atoms with van der Waals surface area (Å²) in [6.45, 7) is 3.24. The molecule has 1 fully saturated rings. The third kappa shape index (κ3) is 2.49. The Bertz CT molecular complexity index is 544. The van der Waals surface area contributed by atoms with Crippen molar-refractivity contribution >= 4 is 37.4 Å². The maximum Gasteiger partial charge on any atom is 0.0488 e. The number of halogens is 1. The molecule has 3 rings (SSSR count). The minimum atomic E-state index is 0.533. The Morgan fingerprint density at radius 1 is 1.44 bits per heavy atom. The number of hydrogen-bond donors (Lipinski definition) is 1. The molecule has 0 saturated heterocycles. The van der Waals surface area contributed by atoms with Gasteiger partial charge in [0.15, 0.2) is 0 Å². The summed E-state index contributed by atoms with van der Waals surface area (Å²) < 4.78 is 2.60. The van der Waals surface area contributed by atoms with Crippen LogP contribution in [0.3, 0.4) is 0 Å². The molecule has 1 saturated carbocycles. The fraction of sp³-hybridized carbons (Fsp3) is 0.467. The highest BCUT2D eigenvalue weighted by molar-refractivity contribution is 9.10. The largest absolute Gasteiger partial charge is 0.310 e. The van der Waals surface area contributed by atoms with Crippen molar-refractivity contribution in [3.05, 3.63) is 33.6 Å². The lowest BCUT2D eigenvalue weighted by Crippen LogP contribution is -2.21. The molecule has 96 valence electrons. The van der Waals surface area contributed by atoms with Crippen molar-refractivity contribution in [3.63, 3.8) is 0 Å². The summed E-state index contributed by atoms with van der Waals surface area (Å²) in [6, 6.07) is 7.06. The summed E-state index contributed by atoms with van der Waals surface area (Å²) in [7, 11) is 0. The molecule has 3 heteroatoms. The van der Waals surface area contributed by atoms with E-state index in [1.165, 1.54) is 39.4 Å². The van der Waals surface area contributed by atoms with Crippen molar-refractivity contribution in [3.8, 4) is 0 Å². The Labute approximate surface area is 121 Å². The van der Waals surface area contributed by atoms with E-state index < -0.39 is 0 Å². The van der Waals surface area contributed by atoms with Gasteiger partial charge in [-0.05, 0) is 57.2 Å². The van der Waals surface area contributed by atoms with Crippen LogP contribution < -0.4 is 5.32 Å². The normalized spacial score (nSPS) is 17.2. The highest BCUT2D eigenvalue weighted by Gasteiger charge is 2.27. The fourth-order valence-corrected chi connectivity index (χ4v) is 4.24. The van der Waals surface area contributed by atoms with Gasteiger partial charge >= 0.3 is 0 Å². The van der Waals surface area contributed by atoms with Crippen LogP contribution in [0.2, 0.25) is 0 Å². The Balaban J connectivity index is 1.97. The smallest absolute Gasteiger partial charge is 0.0488 e. The van der Waals surface area contributed by atoms with Gasteiger partial charge in [-0.1, -0.05) is 31.9 Å². The Morgan fingerprint density at radius 2 is 2.28 bits per heavy atom. The first-order chi connectivity index (χ1) is 8.79. The molecule has 1 unspecified atom stereocenters. The zero-order valence-electron chi connectivity index (χ0n) is 10.6. The maximum absolute atomic E-state index is 3.66. The van der Waals surface area contributed by atoms with Gasteiger partial charge in [0.2, 0.25) is 0 Å². The molecular weight excluding hydrogens is 306 g/mol. The topological polar surface area (TPSA) is 12.0 Å². The molecule has 2 aromatic rings. The van der Waals surface area contributed by atoms with Crippen molar-refractivity contribution in [2.75, 3.05) is 6.54 Å². The van der Waals surface area contributed by atoms with Crippen molar-refractivity contribution < 1.29 is 0 Å². The van der Waals surface area contributed by atoms with Gasteiger partial charge in [-0.2, -0.15) is 0 Å². The van der Waals surface area contributed by atoms with Gasteiger partial charge in [0.05, 0.1) is 0 Å². The minimum absolute atomic E-state index is 0.533. The third-order valence-electron chi connectivity index (χ3n) is 3.67. The van der Waals surface area contributed by atoms with Crippen LogP contribution in [0.25, 0.3) is 10.1 Å². The van der Waals surface area contributed by atoms with Crippen LogP contribution in [-0.2, 0) is 0 Å². The number of nitrogens with one attached hydrogen (secondary N) is 1. The summed E-state index contributed by atoms with van der Waals surface area (Å²) in [4.78, 5) is 0. The monoisotopic (exact) mass is 323 g/mol. The quantitative estimate of drug-likeness (QED) is 0.805. The van der Waals surface area contributed by atoms with Crippen LogP contribution >= 0.6 is 27.3 Å². The van der Waals surface area contributed by atoms with Crippen LogP contribution in [-0.4, -0.2) is 6.54 Å². The molecule has 0 bridgehead atoms. The second-order valence-electron chi connectivity index (χ2n) is 5.10. The number of fused-ring (bicyclic) bond motifs is 1. The molecule has 1 heterocycles. The standard InChI is InChI=1S/C15H18BrNS/c1-2-17-14(8-10-6-7-10)12-9-18-15-11(12)4-3-5-13(15)16/h3-5,9-10,14,17H,2,6-8H2,1H3. The fourth-order valence-electron chi connectivity index (χ4n) is 2.57.